The fourth-order valence-corrected chi connectivity index (χ4v) is 2.85. The number of nitrogens with one attached hydrogen (secondary N) is 1. The summed E-state index contributed by atoms with van der Waals surface area (Å²) in [6.45, 7) is 3.89. The molecule has 0 saturated carbocycles. The van der Waals surface area contributed by atoms with Crippen LogP contribution < -0.4 is 5.32 Å². The van der Waals surface area contributed by atoms with Crippen LogP contribution in [0.2, 0.25) is 0 Å². The number of hydrogen-bond donors (Lipinski definition) is 1. The maximum Gasteiger partial charge on any atom is 0.227 e. The Balaban J connectivity index is 2.03. The van der Waals surface area contributed by atoms with E-state index in [0.717, 1.165) is 31.5 Å². The summed E-state index contributed by atoms with van der Waals surface area (Å²) in [7, 11) is 1.96. The van der Waals surface area contributed by atoms with Crippen LogP contribution in [0.15, 0.2) is 24.3 Å². The molecule has 1 N–H and O–H groups in total. The van der Waals surface area contributed by atoms with Gasteiger partial charge in [-0.25, -0.2) is 0 Å². The Bertz CT molecular complexity index is 429. The van der Waals surface area contributed by atoms with Gasteiger partial charge in [-0.3, -0.25) is 4.79 Å². The summed E-state index contributed by atoms with van der Waals surface area (Å²) >= 11 is 0. The smallest absolute Gasteiger partial charge is 0.227 e. The van der Waals surface area contributed by atoms with Crippen LogP contribution in [0.3, 0.4) is 0 Å². The van der Waals surface area contributed by atoms with Gasteiger partial charge in [0.2, 0.25) is 5.91 Å². The van der Waals surface area contributed by atoms with Gasteiger partial charge in [0.05, 0.1) is 6.42 Å². The van der Waals surface area contributed by atoms with E-state index in [4.69, 9.17) is 0 Å². The first-order chi connectivity index (χ1) is 9.22. The Hall–Kier alpha value is -1.35. The molecule has 1 saturated heterocycles. The topological polar surface area (TPSA) is 32.3 Å². The first-order valence-corrected chi connectivity index (χ1v) is 7.21. The highest BCUT2D eigenvalue weighted by atomic mass is 16.2. The second kappa shape index (κ2) is 6.71. The number of likely N-dealkylation sites (tertiary alicyclic amines) is 1. The molecule has 1 aromatic carbocycles. The van der Waals surface area contributed by atoms with E-state index in [2.05, 4.69) is 29.3 Å². The van der Waals surface area contributed by atoms with E-state index >= 15 is 0 Å². The van der Waals surface area contributed by atoms with E-state index in [9.17, 15) is 4.79 Å². The van der Waals surface area contributed by atoms with Crippen molar-refractivity contribution in [2.75, 3.05) is 20.1 Å². The highest BCUT2D eigenvalue weighted by Gasteiger charge is 2.26. The zero-order valence-electron chi connectivity index (χ0n) is 12.0. The number of carbonyl (C=O) groups excluding carboxylic acids is 1. The van der Waals surface area contributed by atoms with Gasteiger partial charge in [0, 0.05) is 19.1 Å². The zero-order valence-corrected chi connectivity index (χ0v) is 12.0. The van der Waals surface area contributed by atoms with Crippen LogP contribution in [0.5, 0.6) is 0 Å². The Kier molecular flexibility index (Phi) is 4.97. The molecule has 1 unspecified atom stereocenters. The van der Waals surface area contributed by atoms with Crippen LogP contribution in [0, 0.1) is 6.92 Å². The van der Waals surface area contributed by atoms with E-state index in [0.29, 0.717) is 12.5 Å². The van der Waals surface area contributed by atoms with E-state index in [1.807, 2.05) is 19.2 Å². The van der Waals surface area contributed by atoms with Gasteiger partial charge in [-0.15, -0.1) is 0 Å². The first kappa shape index (κ1) is 14.1. The molecule has 1 amide bonds. The van der Waals surface area contributed by atoms with Crippen LogP contribution in [0.25, 0.3) is 0 Å². The highest BCUT2D eigenvalue weighted by Crippen LogP contribution is 2.18. The number of amides is 1. The second-order valence-corrected chi connectivity index (χ2v) is 5.40. The Morgan fingerprint density at radius 3 is 2.89 bits per heavy atom. The molecule has 0 bridgehead atoms. The summed E-state index contributed by atoms with van der Waals surface area (Å²) < 4.78 is 0. The predicted octanol–water partition coefficient (Wildman–Crippen LogP) is 2.14. The van der Waals surface area contributed by atoms with E-state index in [1.165, 1.54) is 12.0 Å². The summed E-state index contributed by atoms with van der Waals surface area (Å²) in [5.74, 6) is 0.272. The standard InChI is InChI=1S/C16H24N2O/c1-13-7-3-4-8-14(13)11-16(19)18-10-6-5-9-15(18)12-17-2/h3-4,7-8,15,17H,5-6,9-12H2,1-2H3. The van der Waals surface area contributed by atoms with Gasteiger partial charge in [0.15, 0.2) is 0 Å². The summed E-state index contributed by atoms with van der Waals surface area (Å²) in [6, 6.07) is 8.54. The van der Waals surface area contributed by atoms with Crippen molar-refractivity contribution >= 4 is 5.91 Å². The molecule has 1 aliphatic rings. The highest BCUT2D eigenvalue weighted by molar-refractivity contribution is 5.79. The van der Waals surface area contributed by atoms with Crippen molar-refractivity contribution in [3.8, 4) is 0 Å². The van der Waals surface area contributed by atoms with E-state index in [1.54, 1.807) is 0 Å². The van der Waals surface area contributed by atoms with Gasteiger partial charge in [0.1, 0.15) is 0 Å². The number of nitrogens with zero attached hydrogens (tertiary/aromatic N) is 1. The molecule has 0 radical (unpaired) electrons. The fourth-order valence-electron chi connectivity index (χ4n) is 2.85. The molecule has 19 heavy (non-hydrogen) atoms. The molecule has 0 spiro atoms. The lowest BCUT2D eigenvalue weighted by atomic mass is 9.99. The molecule has 3 nitrogen and oxygen atoms in total. The normalized spacial score (nSPS) is 19.5. The van der Waals surface area contributed by atoms with Crippen LogP contribution in [0.1, 0.15) is 30.4 Å². The molecule has 2 rings (SSSR count). The molecule has 104 valence electrons. The molecule has 1 aromatic rings. The molecule has 1 aliphatic heterocycles. The molecule has 0 aromatic heterocycles. The largest absolute Gasteiger partial charge is 0.338 e. The third-order valence-electron chi connectivity index (χ3n) is 3.99. The van der Waals surface area contributed by atoms with Crippen molar-refractivity contribution in [3.63, 3.8) is 0 Å². The molecular weight excluding hydrogens is 236 g/mol. The maximum atomic E-state index is 12.5. The summed E-state index contributed by atoms with van der Waals surface area (Å²) in [5, 5.41) is 3.20. The molecule has 1 fully saturated rings. The van der Waals surface area contributed by atoms with Crippen molar-refractivity contribution in [1.82, 2.24) is 10.2 Å². The van der Waals surface area contributed by atoms with Crippen molar-refractivity contribution in [3.05, 3.63) is 35.4 Å². The van der Waals surface area contributed by atoms with Gasteiger partial charge < -0.3 is 10.2 Å². The molecule has 1 atom stereocenters. The first-order valence-electron chi connectivity index (χ1n) is 7.21. The number of rotatable bonds is 4. The lowest BCUT2D eigenvalue weighted by Gasteiger charge is -2.36. The lowest BCUT2D eigenvalue weighted by Crippen LogP contribution is -2.48. The summed E-state index contributed by atoms with van der Waals surface area (Å²) in [6.07, 6.45) is 4.04. The Labute approximate surface area is 116 Å². The van der Waals surface area contributed by atoms with Crippen molar-refractivity contribution < 1.29 is 4.79 Å². The van der Waals surface area contributed by atoms with Crippen LogP contribution in [-0.2, 0) is 11.2 Å². The van der Waals surface area contributed by atoms with Crippen LogP contribution >= 0.6 is 0 Å². The van der Waals surface area contributed by atoms with E-state index < -0.39 is 0 Å². The monoisotopic (exact) mass is 260 g/mol. The Morgan fingerprint density at radius 2 is 2.16 bits per heavy atom. The van der Waals surface area contributed by atoms with Gasteiger partial charge in [-0.1, -0.05) is 24.3 Å². The van der Waals surface area contributed by atoms with Gasteiger partial charge in [-0.05, 0) is 44.4 Å². The molecule has 1 heterocycles. The fraction of sp³-hybridized carbons (Fsp3) is 0.562. The van der Waals surface area contributed by atoms with Gasteiger partial charge >= 0.3 is 0 Å². The minimum atomic E-state index is 0.272. The number of likely N-dealkylation sites (N-methyl/N-ethyl adjacent to an activating group) is 1. The number of carbonyl (C=O) groups is 1. The minimum absolute atomic E-state index is 0.272. The SMILES string of the molecule is CNCC1CCCCN1C(=O)Cc1ccccc1C. The molecule has 0 aliphatic carbocycles. The maximum absolute atomic E-state index is 12.5. The Morgan fingerprint density at radius 1 is 1.37 bits per heavy atom. The average Bonchev–Trinajstić information content (AvgIpc) is 2.42. The zero-order chi connectivity index (χ0) is 13.7. The summed E-state index contributed by atoms with van der Waals surface area (Å²) in [4.78, 5) is 14.6. The summed E-state index contributed by atoms with van der Waals surface area (Å²) in [5.41, 5.74) is 2.36. The number of hydrogen-bond acceptors (Lipinski definition) is 2. The van der Waals surface area contributed by atoms with Crippen molar-refractivity contribution in [2.45, 2.75) is 38.6 Å². The lowest BCUT2D eigenvalue weighted by molar-refractivity contribution is -0.134. The van der Waals surface area contributed by atoms with Crippen molar-refractivity contribution in [2.24, 2.45) is 0 Å². The third kappa shape index (κ3) is 3.57. The van der Waals surface area contributed by atoms with Gasteiger partial charge in [0.25, 0.3) is 0 Å². The quantitative estimate of drug-likeness (QED) is 0.899. The van der Waals surface area contributed by atoms with Crippen LogP contribution in [-0.4, -0.2) is 37.0 Å². The molecular formula is C16H24N2O. The van der Waals surface area contributed by atoms with Crippen LogP contribution in [0.4, 0.5) is 0 Å². The van der Waals surface area contributed by atoms with Gasteiger partial charge in [-0.2, -0.15) is 0 Å². The van der Waals surface area contributed by atoms with Crippen molar-refractivity contribution in [1.29, 1.82) is 0 Å². The number of aryl methyl sites for hydroxylation is 1. The predicted molar refractivity (Wildman–Crippen MR) is 78.2 cm³/mol. The molecule has 3 heteroatoms. The second-order valence-electron chi connectivity index (χ2n) is 5.40. The number of piperidine rings is 1. The third-order valence-corrected chi connectivity index (χ3v) is 3.99. The minimum Gasteiger partial charge on any atom is -0.338 e. The van der Waals surface area contributed by atoms with E-state index in [-0.39, 0.29) is 5.91 Å². The average molecular weight is 260 g/mol. The number of benzene rings is 1.